The molecule has 0 saturated carbocycles. The number of hydrogen-bond donors (Lipinski definition) is 0. The molecule has 0 unspecified atom stereocenters. The van der Waals surface area contributed by atoms with Crippen LogP contribution in [0, 0.1) is 0 Å². The molecule has 0 radical (unpaired) electrons. The molecule has 3 rings (SSSR count). The smallest absolute Gasteiger partial charge is 0.229 e. The van der Waals surface area contributed by atoms with E-state index in [1.54, 1.807) is 17.0 Å². The number of hydrogen-bond acceptors (Lipinski definition) is 7. The van der Waals surface area contributed by atoms with Crippen LogP contribution in [0.25, 0.3) is 10.2 Å². The molecule has 1 aromatic heterocycles. The first-order valence-electron chi connectivity index (χ1n) is 10.6. The summed E-state index contributed by atoms with van der Waals surface area (Å²) < 4.78 is 31.6. The number of carbonyl (C=O) groups is 1. The molecular formula is C23H29N3O4S2. The second-order valence-electron chi connectivity index (χ2n) is 7.28. The zero-order valence-corrected chi connectivity index (χ0v) is 20.3. The maximum atomic E-state index is 13.2. The Morgan fingerprint density at radius 1 is 1.03 bits per heavy atom. The molecule has 172 valence electrons. The third kappa shape index (κ3) is 5.85. The minimum absolute atomic E-state index is 0.109. The van der Waals surface area contributed by atoms with E-state index in [2.05, 4.69) is 23.7 Å². The number of fused-ring (bicyclic) bond motifs is 1. The van der Waals surface area contributed by atoms with Gasteiger partial charge in [-0.1, -0.05) is 37.3 Å². The van der Waals surface area contributed by atoms with Crippen LogP contribution < -0.4 is 9.64 Å². The zero-order valence-electron chi connectivity index (χ0n) is 18.7. The zero-order chi connectivity index (χ0) is 23.1. The Morgan fingerprint density at radius 3 is 2.34 bits per heavy atom. The molecule has 0 bridgehead atoms. The fourth-order valence-corrected chi connectivity index (χ4v) is 5.58. The normalized spacial score (nSPS) is 11.8. The highest BCUT2D eigenvalue weighted by molar-refractivity contribution is 7.91. The SMILES string of the molecule is CCN(CC)CCN(C(=O)CCS(=O)(=O)c1ccc(OC)cc1)c1nc2ccccc2s1. The van der Waals surface area contributed by atoms with Gasteiger partial charge < -0.3 is 9.64 Å². The lowest BCUT2D eigenvalue weighted by atomic mass is 10.3. The van der Waals surface area contributed by atoms with Gasteiger partial charge >= 0.3 is 0 Å². The number of aromatic nitrogens is 1. The highest BCUT2D eigenvalue weighted by Crippen LogP contribution is 2.29. The maximum Gasteiger partial charge on any atom is 0.229 e. The molecular weight excluding hydrogens is 446 g/mol. The van der Waals surface area contributed by atoms with Crippen LogP contribution in [-0.2, 0) is 14.6 Å². The summed E-state index contributed by atoms with van der Waals surface area (Å²) in [6.07, 6.45) is -0.109. The third-order valence-electron chi connectivity index (χ3n) is 5.35. The van der Waals surface area contributed by atoms with Gasteiger partial charge in [-0.3, -0.25) is 9.69 Å². The van der Waals surface area contributed by atoms with Crippen LogP contribution in [0.15, 0.2) is 53.4 Å². The largest absolute Gasteiger partial charge is 0.497 e. The van der Waals surface area contributed by atoms with E-state index in [1.807, 2.05) is 24.3 Å². The molecule has 1 heterocycles. The van der Waals surface area contributed by atoms with E-state index in [0.717, 1.165) is 23.3 Å². The van der Waals surface area contributed by atoms with Gasteiger partial charge in [-0.05, 0) is 49.5 Å². The summed E-state index contributed by atoms with van der Waals surface area (Å²) >= 11 is 1.45. The lowest BCUT2D eigenvalue weighted by Crippen LogP contribution is -2.39. The minimum Gasteiger partial charge on any atom is -0.497 e. The number of sulfone groups is 1. The first-order chi connectivity index (χ1) is 15.4. The number of benzene rings is 2. The van der Waals surface area contributed by atoms with Gasteiger partial charge in [-0.15, -0.1) is 0 Å². The van der Waals surface area contributed by atoms with Crippen LogP contribution >= 0.6 is 11.3 Å². The molecule has 9 heteroatoms. The number of para-hydroxylation sites is 1. The monoisotopic (exact) mass is 475 g/mol. The topological polar surface area (TPSA) is 79.8 Å². The number of likely N-dealkylation sites (N-methyl/N-ethyl adjacent to an activating group) is 1. The average Bonchev–Trinajstić information content (AvgIpc) is 3.24. The second kappa shape index (κ2) is 10.9. The number of anilines is 1. The Kier molecular flexibility index (Phi) is 8.22. The molecule has 0 N–H and O–H groups in total. The maximum absolute atomic E-state index is 13.2. The highest BCUT2D eigenvalue weighted by Gasteiger charge is 2.23. The Bertz CT molecular complexity index is 1110. The Morgan fingerprint density at radius 2 is 1.72 bits per heavy atom. The van der Waals surface area contributed by atoms with Crippen molar-refractivity contribution in [2.75, 3.05) is 43.9 Å². The van der Waals surface area contributed by atoms with Crippen molar-refractivity contribution in [1.82, 2.24) is 9.88 Å². The van der Waals surface area contributed by atoms with E-state index >= 15 is 0 Å². The van der Waals surface area contributed by atoms with E-state index in [-0.39, 0.29) is 23.0 Å². The van der Waals surface area contributed by atoms with Crippen molar-refractivity contribution in [3.8, 4) is 5.75 Å². The van der Waals surface area contributed by atoms with Gasteiger partial charge in [-0.25, -0.2) is 13.4 Å². The number of rotatable bonds is 11. The van der Waals surface area contributed by atoms with Crippen LogP contribution in [0.2, 0.25) is 0 Å². The molecule has 7 nitrogen and oxygen atoms in total. The minimum atomic E-state index is -3.59. The van der Waals surface area contributed by atoms with Crippen molar-refractivity contribution in [3.63, 3.8) is 0 Å². The van der Waals surface area contributed by atoms with Crippen LogP contribution in [0.4, 0.5) is 5.13 Å². The fourth-order valence-electron chi connectivity index (χ4n) is 3.34. The molecule has 0 fully saturated rings. The van der Waals surface area contributed by atoms with E-state index in [4.69, 9.17) is 4.74 Å². The molecule has 32 heavy (non-hydrogen) atoms. The number of thiazole rings is 1. The van der Waals surface area contributed by atoms with Gasteiger partial charge in [0.15, 0.2) is 15.0 Å². The van der Waals surface area contributed by atoms with Gasteiger partial charge in [0, 0.05) is 19.5 Å². The van der Waals surface area contributed by atoms with E-state index in [0.29, 0.717) is 24.0 Å². The van der Waals surface area contributed by atoms with Crippen LogP contribution in [0.3, 0.4) is 0 Å². The molecule has 1 amide bonds. The van der Waals surface area contributed by atoms with Crippen molar-refractivity contribution in [1.29, 1.82) is 0 Å². The molecule has 0 spiro atoms. The fraction of sp³-hybridized carbons (Fsp3) is 0.391. The lowest BCUT2D eigenvalue weighted by molar-refractivity contribution is -0.118. The molecule has 0 atom stereocenters. The molecule has 2 aromatic carbocycles. The van der Waals surface area contributed by atoms with Gasteiger partial charge in [0.1, 0.15) is 5.75 Å². The molecule has 0 aliphatic heterocycles. The Labute approximate surface area is 193 Å². The predicted molar refractivity (Wildman–Crippen MR) is 129 cm³/mol. The summed E-state index contributed by atoms with van der Waals surface area (Å²) in [5, 5.41) is 0.602. The third-order valence-corrected chi connectivity index (χ3v) is 8.14. The summed E-state index contributed by atoms with van der Waals surface area (Å²) in [7, 11) is -2.07. The van der Waals surface area contributed by atoms with Crippen molar-refractivity contribution in [2.45, 2.75) is 25.2 Å². The number of methoxy groups -OCH3 is 1. The summed E-state index contributed by atoms with van der Waals surface area (Å²) in [6.45, 7) is 7.07. The van der Waals surface area contributed by atoms with Gasteiger partial charge in [0.25, 0.3) is 0 Å². The highest BCUT2D eigenvalue weighted by atomic mass is 32.2. The van der Waals surface area contributed by atoms with E-state index < -0.39 is 9.84 Å². The Balaban J connectivity index is 1.77. The number of nitrogens with zero attached hydrogens (tertiary/aromatic N) is 3. The van der Waals surface area contributed by atoms with Crippen LogP contribution in [0.1, 0.15) is 20.3 Å². The summed E-state index contributed by atoms with van der Waals surface area (Å²) in [5.41, 5.74) is 0.832. The molecule has 0 aliphatic carbocycles. The van der Waals surface area contributed by atoms with Crippen LogP contribution in [-0.4, -0.2) is 63.3 Å². The van der Waals surface area contributed by atoms with Crippen LogP contribution in [0.5, 0.6) is 5.75 Å². The number of amides is 1. The summed E-state index contributed by atoms with van der Waals surface area (Å²) in [6, 6.07) is 13.9. The summed E-state index contributed by atoms with van der Waals surface area (Å²) in [4.78, 5) is 21.8. The second-order valence-corrected chi connectivity index (χ2v) is 10.4. The average molecular weight is 476 g/mol. The Hall–Kier alpha value is -2.49. The first kappa shape index (κ1) is 24.2. The van der Waals surface area contributed by atoms with Gasteiger partial charge in [-0.2, -0.15) is 0 Å². The molecule has 0 saturated heterocycles. The standard InChI is InChI=1S/C23H29N3O4S2/c1-4-25(5-2)15-16-26(23-24-20-8-6-7-9-21(20)31-23)22(27)14-17-32(28,29)19-12-10-18(30-3)11-13-19/h6-13H,4-5,14-17H2,1-3H3. The van der Waals surface area contributed by atoms with E-state index in [1.165, 1.54) is 30.6 Å². The van der Waals surface area contributed by atoms with Crippen molar-refractivity contribution in [2.24, 2.45) is 0 Å². The molecule has 0 aliphatic rings. The summed E-state index contributed by atoms with van der Waals surface area (Å²) in [5.74, 6) is 0.0805. The van der Waals surface area contributed by atoms with Crippen molar-refractivity contribution in [3.05, 3.63) is 48.5 Å². The van der Waals surface area contributed by atoms with Crippen molar-refractivity contribution >= 4 is 42.4 Å². The lowest BCUT2D eigenvalue weighted by Gasteiger charge is -2.24. The predicted octanol–water partition coefficient (Wildman–Crippen LogP) is 3.84. The molecule has 3 aromatic rings. The van der Waals surface area contributed by atoms with E-state index in [9.17, 15) is 13.2 Å². The first-order valence-corrected chi connectivity index (χ1v) is 13.1. The number of ether oxygens (including phenoxy) is 1. The van der Waals surface area contributed by atoms with Crippen molar-refractivity contribution < 1.29 is 17.9 Å². The van der Waals surface area contributed by atoms with Gasteiger partial charge in [0.2, 0.25) is 5.91 Å². The van der Waals surface area contributed by atoms with Gasteiger partial charge in [0.05, 0.1) is 28.0 Å². The number of carbonyl (C=O) groups excluding carboxylic acids is 1. The quantitative estimate of drug-likeness (QED) is 0.419.